The Morgan fingerprint density at radius 1 is 1.07 bits per heavy atom. The average Bonchev–Trinajstić information content (AvgIpc) is 2.72. The number of fused-ring (bicyclic) bond motifs is 1. The van der Waals surface area contributed by atoms with Crippen molar-refractivity contribution >= 4 is 28.5 Å². The molecule has 0 aliphatic rings. The number of pyridine rings is 1. The number of esters is 1. The maximum atomic E-state index is 13.7. The fraction of sp³-hybridized carbons (Fsp3) is 0.150. The van der Waals surface area contributed by atoms with Crippen molar-refractivity contribution in [3.8, 4) is 11.5 Å². The van der Waals surface area contributed by atoms with Crippen molar-refractivity contribution in [2.75, 3.05) is 26.1 Å². The number of carbonyl (C=O) groups excluding carboxylic acids is 2. The van der Waals surface area contributed by atoms with Crippen molar-refractivity contribution in [2.24, 2.45) is 0 Å². The molecule has 3 rings (SSSR count). The third-order valence-electron chi connectivity index (χ3n) is 3.94. The van der Waals surface area contributed by atoms with Crippen molar-refractivity contribution in [2.45, 2.75) is 0 Å². The number of anilines is 1. The molecule has 0 bridgehead atoms. The summed E-state index contributed by atoms with van der Waals surface area (Å²) in [6, 6.07) is 9.03. The van der Waals surface area contributed by atoms with Gasteiger partial charge in [-0.05, 0) is 30.3 Å². The number of nitrogens with one attached hydrogen (secondary N) is 1. The van der Waals surface area contributed by atoms with Crippen LogP contribution in [0.25, 0.3) is 10.9 Å². The number of aromatic nitrogens is 1. The summed E-state index contributed by atoms with van der Waals surface area (Å²) < 4.78 is 42.0. The van der Waals surface area contributed by atoms with Gasteiger partial charge in [-0.2, -0.15) is 0 Å². The maximum absolute atomic E-state index is 13.7. The largest absolute Gasteiger partial charge is 0.497 e. The van der Waals surface area contributed by atoms with Crippen molar-refractivity contribution in [1.29, 1.82) is 0 Å². The van der Waals surface area contributed by atoms with E-state index in [2.05, 4.69) is 15.0 Å². The fourth-order valence-electron chi connectivity index (χ4n) is 2.55. The van der Waals surface area contributed by atoms with Crippen LogP contribution in [0.4, 0.5) is 14.5 Å². The molecular formula is C20H16F2N2O5. The molecule has 1 N–H and O–H groups in total. The van der Waals surface area contributed by atoms with Gasteiger partial charge in [-0.15, -0.1) is 0 Å². The molecule has 0 saturated heterocycles. The van der Waals surface area contributed by atoms with E-state index in [4.69, 9.17) is 9.47 Å². The van der Waals surface area contributed by atoms with Crippen LogP contribution in [-0.2, 0) is 9.53 Å². The number of hydrogen-bond acceptors (Lipinski definition) is 6. The van der Waals surface area contributed by atoms with Gasteiger partial charge in [-0.25, -0.2) is 18.6 Å². The highest BCUT2D eigenvalue weighted by Gasteiger charge is 2.16. The smallest absolute Gasteiger partial charge is 0.356 e. The van der Waals surface area contributed by atoms with Gasteiger partial charge >= 0.3 is 5.97 Å². The molecule has 0 unspecified atom stereocenters. The standard InChI is InChI=1S/C20H16F2N2O5/c1-27-12-4-6-15-13(8-12)18(9-17(23-15)20(26)28-2)29-10-19(25)24-16-5-3-11(21)7-14(16)22/h3-9H,10H2,1-2H3,(H,24,25). The van der Waals surface area contributed by atoms with Gasteiger partial charge in [0.05, 0.1) is 25.4 Å². The molecule has 0 fully saturated rings. The molecule has 0 radical (unpaired) electrons. The summed E-state index contributed by atoms with van der Waals surface area (Å²) in [6.45, 7) is -0.492. The number of carbonyl (C=O) groups is 2. The highest BCUT2D eigenvalue weighted by Crippen LogP contribution is 2.29. The number of amides is 1. The molecule has 0 spiro atoms. The van der Waals surface area contributed by atoms with Gasteiger partial charge < -0.3 is 19.5 Å². The van der Waals surface area contributed by atoms with E-state index in [9.17, 15) is 18.4 Å². The Morgan fingerprint density at radius 2 is 1.86 bits per heavy atom. The van der Waals surface area contributed by atoms with Crippen molar-refractivity contribution in [1.82, 2.24) is 4.98 Å². The molecule has 0 aliphatic heterocycles. The minimum Gasteiger partial charge on any atom is -0.497 e. The lowest BCUT2D eigenvalue weighted by Gasteiger charge is -2.12. The molecule has 7 nitrogen and oxygen atoms in total. The number of ether oxygens (including phenoxy) is 3. The molecule has 0 atom stereocenters. The number of hydrogen-bond donors (Lipinski definition) is 1. The highest BCUT2D eigenvalue weighted by molar-refractivity contribution is 5.95. The molecule has 1 amide bonds. The molecule has 2 aromatic carbocycles. The van der Waals surface area contributed by atoms with Crippen LogP contribution in [0.5, 0.6) is 11.5 Å². The topological polar surface area (TPSA) is 86.8 Å². The van der Waals surface area contributed by atoms with Crippen LogP contribution in [0, 0.1) is 11.6 Å². The first kappa shape index (κ1) is 20.0. The Hall–Kier alpha value is -3.75. The van der Waals surface area contributed by atoms with E-state index in [0.29, 0.717) is 22.7 Å². The van der Waals surface area contributed by atoms with E-state index in [1.165, 1.54) is 20.3 Å². The first-order valence-corrected chi connectivity index (χ1v) is 8.36. The Labute approximate surface area is 164 Å². The molecule has 1 aromatic heterocycles. The lowest BCUT2D eigenvalue weighted by atomic mass is 10.1. The summed E-state index contributed by atoms with van der Waals surface area (Å²) in [5.74, 6) is -2.32. The highest BCUT2D eigenvalue weighted by atomic mass is 19.1. The van der Waals surface area contributed by atoms with Crippen molar-refractivity contribution in [3.63, 3.8) is 0 Å². The number of rotatable bonds is 6. The molecule has 150 valence electrons. The molecule has 1 heterocycles. The summed E-state index contributed by atoms with van der Waals surface area (Å²) in [7, 11) is 2.70. The first-order chi connectivity index (χ1) is 13.9. The van der Waals surface area contributed by atoms with E-state index in [1.54, 1.807) is 18.2 Å². The first-order valence-electron chi connectivity index (χ1n) is 8.36. The maximum Gasteiger partial charge on any atom is 0.356 e. The van der Waals surface area contributed by atoms with E-state index in [1.807, 2.05) is 0 Å². The molecule has 0 aliphatic carbocycles. The van der Waals surface area contributed by atoms with Crippen molar-refractivity contribution < 1.29 is 32.6 Å². The zero-order valence-electron chi connectivity index (χ0n) is 15.5. The second kappa shape index (κ2) is 8.51. The predicted octanol–water partition coefficient (Wildman–Crippen LogP) is 3.33. The molecule has 29 heavy (non-hydrogen) atoms. The van der Waals surface area contributed by atoms with Crippen molar-refractivity contribution in [3.05, 3.63) is 59.8 Å². The van der Waals surface area contributed by atoms with E-state index in [0.717, 1.165) is 12.1 Å². The van der Waals surface area contributed by atoms with Gasteiger partial charge in [-0.1, -0.05) is 0 Å². The normalized spacial score (nSPS) is 10.5. The van der Waals surface area contributed by atoms with Gasteiger partial charge in [0.2, 0.25) is 0 Å². The molecule has 9 heteroatoms. The Kier molecular flexibility index (Phi) is 5.87. The molecule has 0 saturated carbocycles. The number of benzene rings is 2. The van der Waals surface area contributed by atoms with Gasteiger partial charge in [-0.3, -0.25) is 4.79 Å². The summed E-state index contributed by atoms with van der Waals surface area (Å²) in [4.78, 5) is 28.2. The van der Waals surface area contributed by atoms with Gasteiger partial charge in [0.25, 0.3) is 5.91 Å². The van der Waals surface area contributed by atoms with Gasteiger partial charge in [0.1, 0.15) is 23.1 Å². The number of halogens is 2. The quantitative estimate of drug-likeness (QED) is 0.637. The third-order valence-corrected chi connectivity index (χ3v) is 3.94. The third kappa shape index (κ3) is 4.57. The monoisotopic (exact) mass is 402 g/mol. The van der Waals surface area contributed by atoms with Gasteiger partial charge in [0, 0.05) is 17.5 Å². The summed E-state index contributed by atoms with van der Waals surface area (Å²) in [6.07, 6.45) is 0. The van der Waals surface area contributed by atoms with E-state index >= 15 is 0 Å². The van der Waals surface area contributed by atoms with Crippen LogP contribution in [0.15, 0.2) is 42.5 Å². The number of methoxy groups -OCH3 is 2. The lowest BCUT2D eigenvalue weighted by molar-refractivity contribution is -0.118. The van der Waals surface area contributed by atoms with Crippen LogP contribution in [0.1, 0.15) is 10.5 Å². The fourth-order valence-corrected chi connectivity index (χ4v) is 2.55. The summed E-state index contributed by atoms with van der Waals surface area (Å²) >= 11 is 0. The van der Waals surface area contributed by atoms with Crippen LogP contribution in [-0.4, -0.2) is 37.7 Å². The zero-order valence-corrected chi connectivity index (χ0v) is 15.5. The average molecular weight is 402 g/mol. The predicted molar refractivity (Wildman–Crippen MR) is 100 cm³/mol. The Bertz CT molecular complexity index is 1090. The summed E-state index contributed by atoms with van der Waals surface area (Å²) in [5, 5.41) is 2.79. The van der Waals surface area contributed by atoms with Crippen LogP contribution in [0.3, 0.4) is 0 Å². The second-order valence-electron chi connectivity index (χ2n) is 5.84. The SMILES string of the molecule is COC(=O)c1cc(OCC(=O)Nc2ccc(F)cc2F)c2cc(OC)ccc2n1. The second-order valence-corrected chi connectivity index (χ2v) is 5.84. The summed E-state index contributed by atoms with van der Waals surface area (Å²) in [5.41, 5.74) is 0.232. The minimum atomic E-state index is -0.912. The molecule has 3 aromatic rings. The van der Waals surface area contributed by atoms with Gasteiger partial charge in [0.15, 0.2) is 12.3 Å². The lowest BCUT2D eigenvalue weighted by Crippen LogP contribution is -2.21. The van der Waals surface area contributed by atoms with Crippen LogP contribution >= 0.6 is 0 Å². The van der Waals surface area contributed by atoms with E-state index < -0.39 is 30.1 Å². The van der Waals surface area contributed by atoms with Crippen LogP contribution in [0.2, 0.25) is 0 Å². The molecular weight excluding hydrogens is 386 g/mol. The Balaban J connectivity index is 1.85. The van der Waals surface area contributed by atoms with Crippen LogP contribution < -0.4 is 14.8 Å². The Morgan fingerprint density at radius 3 is 2.55 bits per heavy atom. The number of nitrogens with zero attached hydrogens (tertiary/aromatic N) is 1. The zero-order chi connectivity index (χ0) is 21.0. The minimum absolute atomic E-state index is 0.00912. The van der Waals surface area contributed by atoms with E-state index in [-0.39, 0.29) is 17.1 Å².